The number of aromatic amines is 1. The van der Waals surface area contributed by atoms with Crippen LogP contribution < -0.4 is 16.8 Å². The molecule has 0 fully saturated rings. The zero-order valence-electron chi connectivity index (χ0n) is 20.8. The van der Waals surface area contributed by atoms with Gasteiger partial charge in [-0.05, 0) is 36.5 Å². The van der Waals surface area contributed by atoms with Gasteiger partial charge in [0, 0.05) is 12.3 Å². The summed E-state index contributed by atoms with van der Waals surface area (Å²) < 4.78 is 0. The normalized spacial score (nSPS) is 13.5. The highest BCUT2D eigenvalue weighted by Gasteiger charge is 2.19. The zero-order chi connectivity index (χ0) is 24.3. The number of aromatic nitrogens is 1. The van der Waals surface area contributed by atoms with Crippen LogP contribution in [-0.4, -0.2) is 34.6 Å². The summed E-state index contributed by atoms with van der Waals surface area (Å²) >= 11 is 0. The number of nitrogens with zero attached hydrogens (tertiary/aromatic N) is 1. The van der Waals surface area contributed by atoms with Crippen molar-refractivity contribution in [3.8, 4) is 0 Å². The van der Waals surface area contributed by atoms with Gasteiger partial charge in [0.25, 0.3) is 0 Å². The second-order valence-corrected chi connectivity index (χ2v) is 9.07. The van der Waals surface area contributed by atoms with E-state index in [9.17, 15) is 9.90 Å². The Morgan fingerprint density at radius 3 is 2.27 bits per heavy atom. The second kappa shape index (κ2) is 18.0. The summed E-state index contributed by atoms with van der Waals surface area (Å²) in [5, 5.41) is 12.9. The molecule has 0 saturated heterocycles. The lowest BCUT2D eigenvalue weighted by Gasteiger charge is -2.24. The Labute approximate surface area is 200 Å². The number of rotatable bonds is 20. The summed E-state index contributed by atoms with van der Waals surface area (Å²) in [6.45, 7) is 4.66. The Bertz CT molecular complexity index is 681. The Morgan fingerprint density at radius 2 is 1.67 bits per heavy atom. The van der Waals surface area contributed by atoms with Crippen molar-refractivity contribution >= 4 is 17.7 Å². The standard InChI is InChI=1S/C26H47N5O2/c1-3-5-7-8-9-11-14-21(13-10-6-4-2)16-17-23(31-24-15-12-18-29-24)22(19-25(32)33)20-30-26(27)28/h12,15,18-19,21,23,29,31H,3-11,13-14,16-17,20H2,1-2H3,(H,32,33)(H4,27,28,30)/b22-19+/t21-,23+/m0/s1. The van der Waals surface area contributed by atoms with E-state index in [-0.39, 0.29) is 18.5 Å². The molecule has 1 aromatic rings. The summed E-state index contributed by atoms with van der Waals surface area (Å²) in [7, 11) is 0. The quantitative estimate of drug-likeness (QED) is 0.0724. The van der Waals surface area contributed by atoms with E-state index in [1.165, 1.54) is 76.7 Å². The van der Waals surface area contributed by atoms with Gasteiger partial charge in [-0.1, -0.05) is 84.5 Å². The first-order valence-electron chi connectivity index (χ1n) is 12.8. The third-order valence-electron chi connectivity index (χ3n) is 6.17. The van der Waals surface area contributed by atoms with Crippen LogP contribution in [0.4, 0.5) is 5.82 Å². The average molecular weight is 462 g/mol. The minimum absolute atomic E-state index is 0.0366. The van der Waals surface area contributed by atoms with Gasteiger partial charge in [-0.3, -0.25) is 0 Å². The van der Waals surface area contributed by atoms with Gasteiger partial charge in [0.05, 0.1) is 12.6 Å². The molecule has 0 aliphatic rings. The molecule has 0 aliphatic heterocycles. The van der Waals surface area contributed by atoms with Crippen molar-refractivity contribution in [1.29, 1.82) is 0 Å². The molecule has 1 heterocycles. The van der Waals surface area contributed by atoms with Crippen molar-refractivity contribution in [3.05, 3.63) is 30.0 Å². The number of H-pyrrole nitrogens is 1. The molecular formula is C26H47N5O2. The largest absolute Gasteiger partial charge is 0.478 e. The van der Waals surface area contributed by atoms with Gasteiger partial charge in [-0.25, -0.2) is 9.79 Å². The van der Waals surface area contributed by atoms with Gasteiger partial charge in [0.1, 0.15) is 5.82 Å². The Kier molecular flexibility index (Phi) is 15.6. The van der Waals surface area contributed by atoms with Crippen molar-refractivity contribution in [2.45, 2.75) is 103 Å². The molecule has 0 saturated carbocycles. The van der Waals surface area contributed by atoms with Crippen LogP contribution in [0.3, 0.4) is 0 Å². The molecule has 1 aromatic heterocycles. The molecule has 188 valence electrons. The number of aliphatic imine (C=N–C) groups is 1. The highest BCUT2D eigenvalue weighted by molar-refractivity contribution is 5.81. The fourth-order valence-electron chi connectivity index (χ4n) is 4.29. The Balaban J connectivity index is 2.83. The molecule has 7 nitrogen and oxygen atoms in total. The van der Waals surface area contributed by atoms with Crippen LogP contribution in [0.15, 0.2) is 35.0 Å². The van der Waals surface area contributed by atoms with Crippen molar-refractivity contribution in [1.82, 2.24) is 4.98 Å². The van der Waals surface area contributed by atoms with Crippen LogP contribution in [0.1, 0.15) is 97.3 Å². The molecule has 0 spiro atoms. The van der Waals surface area contributed by atoms with Crippen molar-refractivity contribution in [2.75, 3.05) is 11.9 Å². The van der Waals surface area contributed by atoms with E-state index in [4.69, 9.17) is 11.5 Å². The fourth-order valence-corrected chi connectivity index (χ4v) is 4.29. The summed E-state index contributed by atoms with van der Waals surface area (Å²) in [6, 6.07) is 3.71. The number of unbranched alkanes of at least 4 members (excludes halogenated alkanes) is 7. The molecule has 0 bridgehead atoms. The first-order chi connectivity index (χ1) is 16.0. The van der Waals surface area contributed by atoms with Gasteiger partial charge in [0.2, 0.25) is 0 Å². The van der Waals surface area contributed by atoms with Gasteiger partial charge in [-0.2, -0.15) is 0 Å². The number of carboxylic acids is 1. The smallest absolute Gasteiger partial charge is 0.328 e. The molecule has 0 unspecified atom stereocenters. The molecule has 33 heavy (non-hydrogen) atoms. The Morgan fingerprint density at radius 1 is 1.03 bits per heavy atom. The number of nitrogens with two attached hydrogens (primary N) is 2. The molecule has 1 rings (SSSR count). The van der Waals surface area contributed by atoms with Crippen molar-refractivity contribution < 1.29 is 9.90 Å². The van der Waals surface area contributed by atoms with Crippen LogP contribution in [0, 0.1) is 5.92 Å². The average Bonchev–Trinajstić information content (AvgIpc) is 3.29. The summed E-state index contributed by atoms with van der Waals surface area (Å²) in [5.41, 5.74) is 11.7. The maximum atomic E-state index is 11.5. The van der Waals surface area contributed by atoms with Gasteiger partial charge < -0.3 is 26.9 Å². The highest BCUT2D eigenvalue weighted by atomic mass is 16.4. The number of carbonyl (C=O) groups is 1. The summed E-state index contributed by atoms with van der Waals surface area (Å²) in [4.78, 5) is 18.7. The monoisotopic (exact) mass is 461 g/mol. The maximum Gasteiger partial charge on any atom is 0.328 e. The van der Waals surface area contributed by atoms with Crippen LogP contribution in [0.2, 0.25) is 0 Å². The van der Waals surface area contributed by atoms with Gasteiger partial charge in [-0.15, -0.1) is 0 Å². The molecular weight excluding hydrogens is 414 g/mol. The molecule has 7 heteroatoms. The lowest BCUT2D eigenvalue weighted by atomic mass is 9.88. The van der Waals surface area contributed by atoms with Gasteiger partial charge in [0.15, 0.2) is 5.96 Å². The SMILES string of the molecule is CCCCCCCC[C@H](CCCCC)CC[C@@H](Nc1ccc[nH]1)/C(=C/C(=O)O)CN=C(N)N. The minimum atomic E-state index is -0.986. The van der Waals surface area contributed by atoms with Crippen LogP contribution >= 0.6 is 0 Å². The highest BCUT2D eigenvalue weighted by Crippen LogP contribution is 2.26. The number of hydrogen-bond acceptors (Lipinski definition) is 3. The lowest BCUT2D eigenvalue weighted by Crippen LogP contribution is -2.28. The van der Waals surface area contributed by atoms with Gasteiger partial charge >= 0.3 is 5.97 Å². The van der Waals surface area contributed by atoms with Crippen molar-refractivity contribution in [3.63, 3.8) is 0 Å². The topological polar surface area (TPSA) is 130 Å². The molecule has 0 aromatic carbocycles. The van der Waals surface area contributed by atoms with E-state index < -0.39 is 5.97 Å². The molecule has 7 N–H and O–H groups in total. The van der Waals surface area contributed by atoms with E-state index in [1.54, 1.807) is 0 Å². The van der Waals surface area contributed by atoms with E-state index in [0.717, 1.165) is 18.7 Å². The van der Waals surface area contributed by atoms with E-state index >= 15 is 0 Å². The molecule has 0 amide bonds. The predicted molar refractivity (Wildman–Crippen MR) is 139 cm³/mol. The molecule has 2 atom stereocenters. The van der Waals surface area contributed by atoms with E-state index in [2.05, 4.69) is 29.1 Å². The van der Waals surface area contributed by atoms with Crippen LogP contribution in [-0.2, 0) is 4.79 Å². The van der Waals surface area contributed by atoms with Crippen LogP contribution in [0.5, 0.6) is 0 Å². The maximum absolute atomic E-state index is 11.5. The van der Waals surface area contributed by atoms with E-state index in [1.807, 2.05) is 18.3 Å². The number of aliphatic carboxylic acids is 1. The first kappa shape index (κ1) is 28.6. The second-order valence-electron chi connectivity index (χ2n) is 9.07. The molecule has 0 aliphatic carbocycles. The number of guanidine groups is 1. The number of anilines is 1. The summed E-state index contributed by atoms with van der Waals surface area (Å²) in [5.74, 6) is 0.496. The van der Waals surface area contributed by atoms with Crippen molar-refractivity contribution in [2.24, 2.45) is 22.4 Å². The third-order valence-corrected chi connectivity index (χ3v) is 6.17. The van der Waals surface area contributed by atoms with E-state index in [0.29, 0.717) is 11.5 Å². The Hall–Kier alpha value is -2.44. The summed E-state index contributed by atoms with van der Waals surface area (Å²) in [6.07, 6.45) is 19.1. The number of nitrogens with one attached hydrogen (secondary N) is 2. The zero-order valence-corrected chi connectivity index (χ0v) is 20.8. The first-order valence-corrected chi connectivity index (χ1v) is 12.8. The lowest BCUT2D eigenvalue weighted by molar-refractivity contribution is -0.131. The fraction of sp³-hybridized carbons (Fsp3) is 0.692. The number of carboxylic acid groups (broad SMARTS) is 1. The number of hydrogen-bond donors (Lipinski definition) is 5. The molecule has 0 radical (unpaired) electrons. The predicted octanol–water partition coefficient (Wildman–Crippen LogP) is 5.81. The third kappa shape index (κ3) is 14.3. The minimum Gasteiger partial charge on any atom is -0.478 e. The van der Waals surface area contributed by atoms with Crippen LogP contribution in [0.25, 0.3) is 0 Å².